The van der Waals surface area contributed by atoms with Crippen molar-refractivity contribution in [3.63, 3.8) is 0 Å². The van der Waals surface area contributed by atoms with Gasteiger partial charge in [0.25, 0.3) is 0 Å². The van der Waals surface area contributed by atoms with Crippen LogP contribution in [-0.4, -0.2) is 33.4 Å². The van der Waals surface area contributed by atoms with E-state index in [0.717, 1.165) is 6.42 Å². The maximum atomic E-state index is 9.63. The van der Waals surface area contributed by atoms with Crippen LogP contribution in [0, 0.1) is 0 Å². The zero-order valence-electron chi connectivity index (χ0n) is 6.69. The maximum absolute atomic E-state index is 9.63. The third-order valence-electron chi connectivity index (χ3n) is 1.73. The first-order valence-corrected chi connectivity index (χ1v) is 4.99. The molecule has 0 heterocycles. The molecule has 0 saturated heterocycles. The molecule has 1 atom stereocenters. The van der Waals surface area contributed by atoms with E-state index in [1.54, 1.807) is 0 Å². The van der Waals surface area contributed by atoms with Crippen molar-refractivity contribution in [1.29, 1.82) is 0 Å². The first-order valence-electron chi connectivity index (χ1n) is 3.73. The van der Waals surface area contributed by atoms with E-state index in [-0.39, 0.29) is 11.5 Å². The summed E-state index contributed by atoms with van der Waals surface area (Å²) in [4.78, 5) is 0. The van der Waals surface area contributed by atoms with Crippen LogP contribution in [0.1, 0.15) is 19.8 Å². The molecule has 11 heavy (non-hydrogen) atoms. The van der Waals surface area contributed by atoms with E-state index in [9.17, 15) is 10.2 Å². The normalized spacial score (nSPS) is 15.0. The number of hydrogen-bond acceptors (Lipinski definition) is 4. The third kappa shape index (κ3) is 3.23. The average Bonchev–Trinajstić information content (AvgIpc) is 2.03. The number of rotatable bonds is 5. The zero-order chi connectivity index (χ0) is 8.91. The van der Waals surface area contributed by atoms with Gasteiger partial charge in [0.15, 0.2) is 0 Å². The van der Waals surface area contributed by atoms with Crippen molar-refractivity contribution in [1.82, 2.24) is 0 Å². The van der Waals surface area contributed by atoms with Gasteiger partial charge in [0.1, 0.15) is 5.60 Å². The van der Waals surface area contributed by atoms with Crippen LogP contribution in [0.15, 0.2) is 0 Å². The summed E-state index contributed by atoms with van der Waals surface area (Å²) in [5.41, 5.74) is -1.12. The Bertz CT molecular complexity index is 105. The minimum absolute atomic E-state index is 0.248. The molecule has 1 unspecified atom stereocenters. The molecule has 0 spiro atoms. The number of aliphatic hydroxyl groups is 2. The van der Waals surface area contributed by atoms with Gasteiger partial charge in [-0.2, -0.15) is 25.3 Å². The molecule has 0 aromatic carbocycles. The lowest BCUT2D eigenvalue weighted by Gasteiger charge is -2.29. The smallest absolute Gasteiger partial charge is 0.108 e. The Morgan fingerprint density at radius 1 is 1.36 bits per heavy atom. The van der Waals surface area contributed by atoms with Gasteiger partial charge in [0.2, 0.25) is 0 Å². The van der Waals surface area contributed by atoms with Crippen molar-refractivity contribution in [2.75, 3.05) is 11.5 Å². The van der Waals surface area contributed by atoms with Gasteiger partial charge in [-0.3, -0.25) is 0 Å². The summed E-state index contributed by atoms with van der Waals surface area (Å²) < 4.78 is 0. The van der Waals surface area contributed by atoms with E-state index >= 15 is 0 Å². The van der Waals surface area contributed by atoms with Crippen LogP contribution in [0.4, 0.5) is 0 Å². The molecule has 0 amide bonds. The van der Waals surface area contributed by atoms with Crippen molar-refractivity contribution >= 4 is 25.3 Å². The Labute approximate surface area is 78.8 Å². The predicted octanol–water partition coefficient (Wildman–Crippen LogP) is 0.738. The first kappa shape index (κ1) is 11.6. The standard InChI is InChI=1S/C7H16O2S2/c1-2-3-6(8)7(9,4-10)5-11/h6,8-11H,2-5H2,1H3. The molecule has 0 radical (unpaired) electrons. The lowest BCUT2D eigenvalue weighted by atomic mass is 9.97. The zero-order valence-corrected chi connectivity index (χ0v) is 8.48. The third-order valence-corrected chi connectivity index (χ3v) is 2.83. The van der Waals surface area contributed by atoms with Crippen molar-refractivity contribution in [3.8, 4) is 0 Å². The van der Waals surface area contributed by atoms with Crippen LogP contribution in [0.5, 0.6) is 0 Å². The maximum Gasteiger partial charge on any atom is 0.108 e. The molecule has 0 bridgehead atoms. The fourth-order valence-electron chi connectivity index (χ4n) is 0.803. The van der Waals surface area contributed by atoms with E-state index in [4.69, 9.17) is 0 Å². The summed E-state index contributed by atoms with van der Waals surface area (Å²) in [5.74, 6) is 0.495. The molecule has 2 nitrogen and oxygen atoms in total. The summed E-state index contributed by atoms with van der Waals surface area (Å²) in [6.45, 7) is 1.96. The van der Waals surface area contributed by atoms with Crippen LogP contribution < -0.4 is 0 Å². The molecule has 68 valence electrons. The van der Waals surface area contributed by atoms with Gasteiger partial charge in [0.05, 0.1) is 6.10 Å². The quantitative estimate of drug-likeness (QED) is 0.490. The molecule has 0 aliphatic rings. The molecule has 0 aromatic heterocycles. The first-order chi connectivity index (χ1) is 5.10. The second-order valence-corrected chi connectivity index (χ2v) is 3.36. The van der Waals surface area contributed by atoms with Gasteiger partial charge in [-0.25, -0.2) is 0 Å². The molecule has 0 aromatic rings. The number of aliphatic hydroxyl groups excluding tert-OH is 1. The fourth-order valence-corrected chi connectivity index (χ4v) is 1.62. The molecule has 0 rings (SSSR count). The van der Waals surface area contributed by atoms with Gasteiger partial charge in [-0.05, 0) is 6.42 Å². The van der Waals surface area contributed by atoms with Crippen molar-refractivity contribution < 1.29 is 10.2 Å². The fraction of sp³-hybridized carbons (Fsp3) is 1.00. The van der Waals surface area contributed by atoms with Gasteiger partial charge in [-0.15, -0.1) is 0 Å². The van der Waals surface area contributed by atoms with Crippen LogP contribution in [0.3, 0.4) is 0 Å². The van der Waals surface area contributed by atoms with Crippen molar-refractivity contribution in [2.24, 2.45) is 0 Å². The second-order valence-electron chi connectivity index (χ2n) is 2.72. The Morgan fingerprint density at radius 3 is 2.09 bits per heavy atom. The summed E-state index contributed by atoms with van der Waals surface area (Å²) in [6, 6.07) is 0. The summed E-state index contributed by atoms with van der Waals surface area (Å²) in [7, 11) is 0. The van der Waals surface area contributed by atoms with Crippen molar-refractivity contribution in [3.05, 3.63) is 0 Å². The van der Waals surface area contributed by atoms with Gasteiger partial charge < -0.3 is 10.2 Å². The van der Waals surface area contributed by atoms with E-state index in [0.29, 0.717) is 6.42 Å². The summed E-state index contributed by atoms with van der Waals surface area (Å²) in [5, 5.41) is 19.0. The number of thiol groups is 2. The van der Waals surface area contributed by atoms with Gasteiger partial charge >= 0.3 is 0 Å². The highest BCUT2D eigenvalue weighted by molar-refractivity contribution is 7.81. The Balaban J connectivity index is 4.00. The molecule has 0 aliphatic heterocycles. The Kier molecular flexibility index (Phi) is 5.60. The van der Waals surface area contributed by atoms with Gasteiger partial charge in [0, 0.05) is 11.5 Å². The van der Waals surface area contributed by atoms with Crippen LogP contribution >= 0.6 is 25.3 Å². The average molecular weight is 196 g/mol. The molecule has 0 saturated carbocycles. The molecule has 2 N–H and O–H groups in total. The monoisotopic (exact) mass is 196 g/mol. The minimum atomic E-state index is -1.12. The highest BCUT2D eigenvalue weighted by atomic mass is 32.1. The van der Waals surface area contributed by atoms with Crippen LogP contribution in [0.25, 0.3) is 0 Å². The van der Waals surface area contributed by atoms with Crippen LogP contribution in [0.2, 0.25) is 0 Å². The van der Waals surface area contributed by atoms with Crippen LogP contribution in [-0.2, 0) is 0 Å². The van der Waals surface area contributed by atoms with Gasteiger partial charge in [-0.1, -0.05) is 13.3 Å². The van der Waals surface area contributed by atoms with E-state index in [1.165, 1.54) is 0 Å². The Hall–Kier alpha value is 0.620. The summed E-state index contributed by atoms with van der Waals surface area (Å²) >= 11 is 7.91. The van der Waals surface area contributed by atoms with E-state index in [2.05, 4.69) is 25.3 Å². The molecular formula is C7H16O2S2. The highest BCUT2D eigenvalue weighted by Gasteiger charge is 2.31. The lowest BCUT2D eigenvalue weighted by molar-refractivity contribution is -0.0438. The largest absolute Gasteiger partial charge is 0.390 e. The topological polar surface area (TPSA) is 40.5 Å². The lowest BCUT2D eigenvalue weighted by Crippen LogP contribution is -2.46. The van der Waals surface area contributed by atoms with E-state index < -0.39 is 11.7 Å². The second kappa shape index (κ2) is 5.30. The SMILES string of the molecule is CCCC(O)C(O)(CS)CS. The molecule has 0 fully saturated rings. The molecule has 0 aliphatic carbocycles. The molecule has 4 heteroatoms. The Morgan fingerprint density at radius 2 is 1.82 bits per heavy atom. The highest BCUT2D eigenvalue weighted by Crippen LogP contribution is 2.18. The van der Waals surface area contributed by atoms with Crippen molar-refractivity contribution in [2.45, 2.75) is 31.5 Å². The van der Waals surface area contributed by atoms with E-state index in [1.807, 2.05) is 6.92 Å². The minimum Gasteiger partial charge on any atom is -0.390 e. The number of hydrogen-bond donors (Lipinski definition) is 4. The molecular weight excluding hydrogens is 180 g/mol. The predicted molar refractivity (Wildman–Crippen MR) is 53.6 cm³/mol. The summed E-state index contributed by atoms with van der Waals surface area (Å²) in [6.07, 6.45) is 0.741.